The molecule has 92 valence electrons. The number of pyridine rings is 1. The van der Waals surface area contributed by atoms with Crippen LogP contribution in [0.3, 0.4) is 0 Å². The van der Waals surface area contributed by atoms with Crippen molar-refractivity contribution in [2.24, 2.45) is 5.73 Å². The van der Waals surface area contributed by atoms with Crippen molar-refractivity contribution in [1.82, 2.24) is 10.3 Å². The summed E-state index contributed by atoms with van der Waals surface area (Å²) < 4.78 is 0. The van der Waals surface area contributed by atoms with E-state index in [-0.39, 0.29) is 5.91 Å². The SMILES string of the molecule is CC(NC1CCCC1)(C(N)=O)c1ccccn1. The largest absolute Gasteiger partial charge is 0.368 e. The fraction of sp³-hybridized carbons (Fsp3) is 0.538. The molecule has 1 aliphatic carbocycles. The second-order valence-corrected chi connectivity index (χ2v) is 4.83. The van der Waals surface area contributed by atoms with E-state index < -0.39 is 5.54 Å². The molecule has 17 heavy (non-hydrogen) atoms. The van der Waals surface area contributed by atoms with Crippen LogP contribution in [-0.4, -0.2) is 16.9 Å². The Labute approximate surface area is 102 Å². The van der Waals surface area contributed by atoms with Crippen molar-refractivity contribution in [2.45, 2.75) is 44.2 Å². The van der Waals surface area contributed by atoms with Gasteiger partial charge in [0.2, 0.25) is 5.91 Å². The third-order valence-electron chi connectivity index (χ3n) is 3.52. The van der Waals surface area contributed by atoms with Crippen LogP contribution in [0.1, 0.15) is 38.3 Å². The molecule has 4 heteroatoms. The van der Waals surface area contributed by atoms with Crippen molar-refractivity contribution in [3.05, 3.63) is 30.1 Å². The van der Waals surface area contributed by atoms with Crippen LogP contribution < -0.4 is 11.1 Å². The van der Waals surface area contributed by atoms with E-state index in [4.69, 9.17) is 5.73 Å². The molecule has 1 heterocycles. The fourth-order valence-electron chi connectivity index (χ4n) is 2.41. The summed E-state index contributed by atoms with van der Waals surface area (Å²) in [7, 11) is 0. The Balaban J connectivity index is 2.23. The minimum atomic E-state index is -0.865. The second-order valence-electron chi connectivity index (χ2n) is 4.83. The average molecular weight is 233 g/mol. The molecule has 3 N–H and O–H groups in total. The number of nitrogens with zero attached hydrogens (tertiary/aromatic N) is 1. The zero-order valence-corrected chi connectivity index (χ0v) is 10.1. The van der Waals surface area contributed by atoms with E-state index in [2.05, 4.69) is 10.3 Å². The first-order valence-electron chi connectivity index (χ1n) is 6.12. The topological polar surface area (TPSA) is 68.0 Å². The van der Waals surface area contributed by atoms with Crippen molar-refractivity contribution in [3.63, 3.8) is 0 Å². The molecule has 0 radical (unpaired) electrons. The highest BCUT2D eigenvalue weighted by atomic mass is 16.1. The van der Waals surface area contributed by atoms with E-state index in [0.29, 0.717) is 11.7 Å². The highest BCUT2D eigenvalue weighted by molar-refractivity contribution is 5.85. The molecule has 1 amide bonds. The molecular formula is C13H19N3O. The summed E-state index contributed by atoms with van der Waals surface area (Å²) in [5.74, 6) is -0.372. The Morgan fingerprint density at radius 2 is 2.18 bits per heavy atom. The zero-order valence-electron chi connectivity index (χ0n) is 10.1. The molecule has 2 rings (SSSR count). The molecule has 0 aromatic carbocycles. The van der Waals surface area contributed by atoms with Gasteiger partial charge in [0, 0.05) is 12.2 Å². The lowest BCUT2D eigenvalue weighted by atomic mass is 9.94. The quantitative estimate of drug-likeness (QED) is 0.824. The highest BCUT2D eigenvalue weighted by Gasteiger charge is 2.37. The molecule has 0 spiro atoms. The van der Waals surface area contributed by atoms with Crippen molar-refractivity contribution in [1.29, 1.82) is 0 Å². The molecule has 0 bridgehead atoms. The van der Waals surface area contributed by atoms with Crippen LogP contribution in [0.15, 0.2) is 24.4 Å². The standard InChI is InChI=1S/C13H19N3O/c1-13(12(14)17,11-8-4-5-9-15-11)16-10-6-2-3-7-10/h4-5,8-10,16H,2-3,6-7H2,1H3,(H2,14,17). The molecule has 1 unspecified atom stereocenters. The van der Waals surface area contributed by atoms with Gasteiger partial charge in [-0.3, -0.25) is 15.1 Å². The van der Waals surface area contributed by atoms with Gasteiger partial charge in [0.1, 0.15) is 5.54 Å². The number of primary amides is 1. The van der Waals surface area contributed by atoms with E-state index in [9.17, 15) is 4.79 Å². The lowest BCUT2D eigenvalue weighted by Gasteiger charge is -2.30. The van der Waals surface area contributed by atoms with Crippen molar-refractivity contribution < 1.29 is 4.79 Å². The summed E-state index contributed by atoms with van der Waals surface area (Å²) in [6.07, 6.45) is 6.34. The summed E-state index contributed by atoms with van der Waals surface area (Å²) in [6, 6.07) is 5.92. The van der Waals surface area contributed by atoms with E-state index >= 15 is 0 Å². The monoisotopic (exact) mass is 233 g/mol. The van der Waals surface area contributed by atoms with Gasteiger partial charge in [0.15, 0.2) is 0 Å². The van der Waals surface area contributed by atoms with Crippen LogP contribution in [0.25, 0.3) is 0 Å². The third-order valence-corrected chi connectivity index (χ3v) is 3.52. The van der Waals surface area contributed by atoms with E-state index in [1.807, 2.05) is 25.1 Å². The molecule has 1 aromatic rings. The molecule has 0 saturated heterocycles. The minimum absolute atomic E-state index is 0.370. The van der Waals surface area contributed by atoms with Gasteiger partial charge in [-0.15, -0.1) is 0 Å². The van der Waals surface area contributed by atoms with Gasteiger partial charge < -0.3 is 5.73 Å². The normalized spacial score (nSPS) is 20.1. The van der Waals surface area contributed by atoms with E-state index in [1.54, 1.807) is 6.20 Å². The van der Waals surface area contributed by atoms with Crippen LogP contribution in [0.5, 0.6) is 0 Å². The number of carbonyl (C=O) groups is 1. The zero-order chi connectivity index (χ0) is 12.3. The molecular weight excluding hydrogens is 214 g/mol. The minimum Gasteiger partial charge on any atom is -0.368 e. The number of nitrogens with two attached hydrogens (primary N) is 1. The smallest absolute Gasteiger partial charge is 0.243 e. The van der Waals surface area contributed by atoms with Crippen LogP contribution in [0.2, 0.25) is 0 Å². The first kappa shape index (κ1) is 12.0. The number of hydrogen-bond acceptors (Lipinski definition) is 3. The Hall–Kier alpha value is -1.42. The number of amides is 1. The Bertz CT molecular complexity index is 387. The molecule has 0 aliphatic heterocycles. The first-order chi connectivity index (χ1) is 8.13. The van der Waals surface area contributed by atoms with Crippen LogP contribution in [0.4, 0.5) is 0 Å². The summed E-state index contributed by atoms with van der Waals surface area (Å²) in [5, 5.41) is 3.37. The summed E-state index contributed by atoms with van der Waals surface area (Å²) in [6.45, 7) is 1.82. The van der Waals surface area contributed by atoms with Crippen LogP contribution >= 0.6 is 0 Å². The van der Waals surface area contributed by atoms with E-state index in [0.717, 1.165) is 12.8 Å². The van der Waals surface area contributed by atoms with Gasteiger partial charge in [0.25, 0.3) is 0 Å². The molecule has 4 nitrogen and oxygen atoms in total. The Morgan fingerprint density at radius 1 is 1.47 bits per heavy atom. The molecule has 1 fully saturated rings. The summed E-state index contributed by atoms with van der Waals surface area (Å²) in [5.41, 5.74) is 5.37. The van der Waals surface area contributed by atoms with Gasteiger partial charge in [0.05, 0.1) is 5.69 Å². The molecule has 1 aromatic heterocycles. The molecule has 1 aliphatic rings. The number of hydrogen-bond donors (Lipinski definition) is 2. The summed E-state index contributed by atoms with van der Waals surface area (Å²) in [4.78, 5) is 16.0. The number of rotatable bonds is 4. The first-order valence-corrected chi connectivity index (χ1v) is 6.12. The number of nitrogens with one attached hydrogen (secondary N) is 1. The molecule has 1 saturated carbocycles. The Kier molecular flexibility index (Phi) is 3.43. The van der Waals surface area contributed by atoms with Crippen molar-refractivity contribution in [2.75, 3.05) is 0 Å². The van der Waals surface area contributed by atoms with E-state index in [1.165, 1.54) is 12.8 Å². The predicted molar refractivity (Wildman–Crippen MR) is 66.2 cm³/mol. The van der Waals surface area contributed by atoms with Gasteiger partial charge in [-0.25, -0.2) is 0 Å². The average Bonchev–Trinajstić information content (AvgIpc) is 2.82. The van der Waals surface area contributed by atoms with Gasteiger partial charge >= 0.3 is 0 Å². The van der Waals surface area contributed by atoms with Gasteiger partial charge in [-0.05, 0) is 31.9 Å². The van der Waals surface area contributed by atoms with Crippen LogP contribution in [0, 0.1) is 0 Å². The Morgan fingerprint density at radius 3 is 2.71 bits per heavy atom. The van der Waals surface area contributed by atoms with Crippen molar-refractivity contribution >= 4 is 5.91 Å². The third kappa shape index (κ3) is 2.47. The summed E-state index contributed by atoms with van der Waals surface area (Å²) >= 11 is 0. The van der Waals surface area contributed by atoms with Gasteiger partial charge in [-0.1, -0.05) is 18.9 Å². The lowest BCUT2D eigenvalue weighted by molar-refractivity contribution is -0.124. The fourth-order valence-corrected chi connectivity index (χ4v) is 2.41. The maximum absolute atomic E-state index is 11.7. The predicted octanol–water partition coefficient (Wildman–Crippen LogP) is 1.31. The second kappa shape index (κ2) is 4.84. The molecule has 1 atom stereocenters. The number of carbonyl (C=O) groups excluding carboxylic acids is 1. The highest BCUT2D eigenvalue weighted by Crippen LogP contribution is 2.25. The maximum Gasteiger partial charge on any atom is 0.243 e. The van der Waals surface area contributed by atoms with Crippen molar-refractivity contribution in [3.8, 4) is 0 Å². The maximum atomic E-state index is 11.7. The lowest BCUT2D eigenvalue weighted by Crippen LogP contribution is -2.54. The van der Waals surface area contributed by atoms with Crippen LogP contribution in [-0.2, 0) is 10.3 Å². The number of aromatic nitrogens is 1. The van der Waals surface area contributed by atoms with Gasteiger partial charge in [-0.2, -0.15) is 0 Å².